The second-order valence-electron chi connectivity index (χ2n) is 3.68. The number of rotatable bonds is 2. The second-order valence-corrected chi connectivity index (χ2v) is 5.45. The first-order valence-electron chi connectivity index (χ1n) is 4.87. The van der Waals surface area contributed by atoms with E-state index in [0.717, 1.165) is 13.8 Å². The molecule has 7 heteroatoms. The van der Waals surface area contributed by atoms with Crippen molar-refractivity contribution in [3.63, 3.8) is 0 Å². The van der Waals surface area contributed by atoms with Gasteiger partial charge in [0.15, 0.2) is 0 Å². The first-order chi connectivity index (χ1) is 7.99. The molecule has 0 spiro atoms. The third kappa shape index (κ3) is 2.50. The van der Waals surface area contributed by atoms with Crippen molar-refractivity contribution in [3.05, 3.63) is 21.2 Å². The van der Waals surface area contributed by atoms with E-state index in [1.165, 1.54) is 7.05 Å². The number of hydrogen-bond donors (Lipinski definition) is 1. The highest BCUT2D eigenvalue weighted by atomic mass is 79.9. The number of likely N-dealkylation sites (N-methyl/N-ethyl adjacent to an activating group) is 1. The number of hydrogen-bond acceptors (Lipinski definition) is 4. The minimum Gasteiger partial charge on any atom is -0.357 e. The van der Waals surface area contributed by atoms with E-state index in [0.29, 0.717) is 5.82 Å². The molecular formula is C10H9Br2N3O2. The van der Waals surface area contributed by atoms with Crippen molar-refractivity contribution in [1.29, 1.82) is 0 Å². The Balaban J connectivity index is 2.17. The van der Waals surface area contributed by atoms with Crippen molar-refractivity contribution in [2.75, 3.05) is 12.4 Å². The summed E-state index contributed by atoms with van der Waals surface area (Å²) in [5.41, 5.74) is 0. The van der Waals surface area contributed by atoms with Gasteiger partial charge in [-0.2, -0.15) is 0 Å². The summed E-state index contributed by atoms with van der Waals surface area (Å²) in [6.07, 6.45) is 1.79. The number of halogens is 2. The number of amides is 2. The maximum Gasteiger partial charge on any atom is 0.251 e. The van der Waals surface area contributed by atoms with Gasteiger partial charge in [0.2, 0.25) is 5.91 Å². The zero-order chi connectivity index (χ0) is 12.6. The number of likely N-dealkylation sites (tertiary alicyclic amines) is 1. The molecule has 1 unspecified atom stereocenters. The van der Waals surface area contributed by atoms with Crippen LogP contribution in [0.15, 0.2) is 21.2 Å². The van der Waals surface area contributed by atoms with E-state index in [4.69, 9.17) is 0 Å². The van der Waals surface area contributed by atoms with E-state index in [1.54, 1.807) is 6.20 Å². The Morgan fingerprint density at radius 1 is 1.47 bits per heavy atom. The number of aromatic nitrogens is 1. The summed E-state index contributed by atoms with van der Waals surface area (Å²) in [5, 5.41) is 2.96. The molecule has 90 valence electrons. The fourth-order valence-corrected chi connectivity index (χ4v) is 2.66. The Morgan fingerprint density at radius 3 is 2.71 bits per heavy atom. The van der Waals surface area contributed by atoms with E-state index >= 15 is 0 Å². The SMILES string of the molecule is CN1C(=O)CC(Nc2ncc(Br)cc2Br)C1=O. The number of pyridine rings is 1. The van der Waals surface area contributed by atoms with Crippen LogP contribution in [0.2, 0.25) is 0 Å². The predicted molar refractivity (Wildman–Crippen MR) is 69.4 cm³/mol. The van der Waals surface area contributed by atoms with Gasteiger partial charge in [-0.15, -0.1) is 0 Å². The molecule has 1 aliphatic rings. The predicted octanol–water partition coefficient (Wildman–Crippen LogP) is 1.78. The fraction of sp³-hybridized carbons (Fsp3) is 0.300. The van der Waals surface area contributed by atoms with Crippen molar-refractivity contribution >= 4 is 49.5 Å². The number of imide groups is 1. The number of nitrogens with one attached hydrogen (secondary N) is 1. The van der Waals surface area contributed by atoms with Crippen molar-refractivity contribution < 1.29 is 9.59 Å². The first-order valence-corrected chi connectivity index (χ1v) is 6.45. The second kappa shape index (κ2) is 4.73. The summed E-state index contributed by atoms with van der Waals surface area (Å²) >= 11 is 6.63. The molecule has 0 saturated carbocycles. The Hall–Kier alpha value is -0.950. The standard InChI is InChI=1S/C10H9Br2N3O2/c1-15-8(16)3-7(10(15)17)14-9-6(12)2-5(11)4-13-9/h2,4,7H,3H2,1H3,(H,13,14). The van der Waals surface area contributed by atoms with Crippen molar-refractivity contribution in [3.8, 4) is 0 Å². The van der Waals surface area contributed by atoms with Crippen molar-refractivity contribution in [2.24, 2.45) is 0 Å². The largest absolute Gasteiger partial charge is 0.357 e. The molecular weight excluding hydrogens is 354 g/mol. The van der Waals surface area contributed by atoms with Crippen LogP contribution in [0.3, 0.4) is 0 Å². The fourth-order valence-electron chi connectivity index (χ4n) is 1.55. The number of carbonyl (C=O) groups is 2. The molecule has 1 saturated heterocycles. The monoisotopic (exact) mass is 361 g/mol. The van der Waals surface area contributed by atoms with Gasteiger partial charge in [-0.25, -0.2) is 4.98 Å². The summed E-state index contributed by atoms with van der Waals surface area (Å²) in [5.74, 6) is 0.141. The van der Waals surface area contributed by atoms with Crippen molar-refractivity contribution in [2.45, 2.75) is 12.5 Å². The molecule has 0 aliphatic carbocycles. The molecule has 1 fully saturated rings. The lowest BCUT2D eigenvalue weighted by molar-refractivity contribution is -0.136. The van der Waals surface area contributed by atoms with Crippen LogP contribution in [0.1, 0.15) is 6.42 Å². The quantitative estimate of drug-likeness (QED) is 0.814. The van der Waals surface area contributed by atoms with Gasteiger partial charge in [-0.05, 0) is 37.9 Å². The van der Waals surface area contributed by atoms with Gasteiger partial charge in [0.1, 0.15) is 11.9 Å². The summed E-state index contributed by atoms with van der Waals surface area (Å²) in [7, 11) is 1.48. The molecule has 1 aromatic heterocycles. The molecule has 17 heavy (non-hydrogen) atoms. The number of carbonyl (C=O) groups excluding carboxylic acids is 2. The maximum absolute atomic E-state index is 11.7. The van der Waals surface area contributed by atoms with Gasteiger partial charge >= 0.3 is 0 Å². The Kier molecular flexibility index (Phi) is 3.48. The van der Waals surface area contributed by atoms with Gasteiger partial charge in [0.25, 0.3) is 5.91 Å². The van der Waals surface area contributed by atoms with Crippen LogP contribution in [0.25, 0.3) is 0 Å². The summed E-state index contributed by atoms with van der Waals surface area (Å²) in [6, 6.07) is 1.29. The van der Waals surface area contributed by atoms with E-state index in [-0.39, 0.29) is 18.2 Å². The normalized spacial score (nSPS) is 19.9. The van der Waals surface area contributed by atoms with Crippen LogP contribution >= 0.6 is 31.9 Å². The molecule has 2 heterocycles. The van der Waals surface area contributed by atoms with Gasteiger partial charge in [-0.3, -0.25) is 14.5 Å². The molecule has 5 nitrogen and oxygen atoms in total. The van der Waals surface area contributed by atoms with E-state index < -0.39 is 6.04 Å². The molecule has 0 aromatic carbocycles. The Morgan fingerprint density at radius 2 is 2.18 bits per heavy atom. The van der Waals surface area contributed by atoms with Gasteiger partial charge in [0.05, 0.1) is 10.9 Å². The molecule has 0 bridgehead atoms. The lowest BCUT2D eigenvalue weighted by Gasteiger charge is -2.12. The number of anilines is 1. The minimum atomic E-state index is -0.530. The summed E-state index contributed by atoms with van der Waals surface area (Å²) in [6.45, 7) is 0. The molecule has 0 radical (unpaired) electrons. The van der Waals surface area contributed by atoms with Crippen LogP contribution in [-0.2, 0) is 9.59 Å². The van der Waals surface area contributed by atoms with Crippen LogP contribution in [-0.4, -0.2) is 34.8 Å². The maximum atomic E-state index is 11.7. The summed E-state index contributed by atoms with van der Waals surface area (Å²) in [4.78, 5) is 28.3. The molecule has 1 atom stereocenters. The molecule has 2 rings (SSSR count). The average molecular weight is 363 g/mol. The minimum absolute atomic E-state index is 0.166. The van der Waals surface area contributed by atoms with Crippen LogP contribution in [0.4, 0.5) is 5.82 Å². The number of nitrogens with zero attached hydrogens (tertiary/aromatic N) is 2. The highest BCUT2D eigenvalue weighted by Gasteiger charge is 2.36. The van der Waals surface area contributed by atoms with Gasteiger partial charge < -0.3 is 5.32 Å². The lowest BCUT2D eigenvalue weighted by atomic mass is 10.2. The highest BCUT2D eigenvalue weighted by Crippen LogP contribution is 2.25. The third-order valence-electron chi connectivity index (χ3n) is 2.50. The molecule has 1 N–H and O–H groups in total. The highest BCUT2D eigenvalue weighted by molar-refractivity contribution is 9.11. The van der Waals surface area contributed by atoms with Crippen LogP contribution in [0.5, 0.6) is 0 Å². The van der Waals surface area contributed by atoms with E-state index in [2.05, 4.69) is 42.2 Å². The van der Waals surface area contributed by atoms with Crippen LogP contribution < -0.4 is 5.32 Å². The van der Waals surface area contributed by atoms with Gasteiger partial charge in [-0.1, -0.05) is 0 Å². The zero-order valence-electron chi connectivity index (χ0n) is 8.91. The first kappa shape index (κ1) is 12.5. The van der Waals surface area contributed by atoms with E-state index in [1.807, 2.05) is 6.07 Å². The Labute approximate surface area is 115 Å². The third-order valence-corrected chi connectivity index (χ3v) is 3.54. The molecule has 1 aliphatic heterocycles. The van der Waals surface area contributed by atoms with Gasteiger partial charge in [0, 0.05) is 17.7 Å². The lowest BCUT2D eigenvalue weighted by Crippen LogP contribution is -2.32. The summed E-state index contributed by atoms with van der Waals surface area (Å²) < 4.78 is 1.57. The Bertz CT molecular complexity index is 492. The molecule has 1 aromatic rings. The van der Waals surface area contributed by atoms with Crippen molar-refractivity contribution in [1.82, 2.24) is 9.88 Å². The zero-order valence-corrected chi connectivity index (χ0v) is 12.1. The topological polar surface area (TPSA) is 62.3 Å². The smallest absolute Gasteiger partial charge is 0.251 e. The average Bonchev–Trinajstić information content (AvgIpc) is 2.50. The van der Waals surface area contributed by atoms with E-state index in [9.17, 15) is 9.59 Å². The molecule has 2 amide bonds. The van der Waals surface area contributed by atoms with Crippen LogP contribution in [0, 0.1) is 0 Å².